The van der Waals surface area contributed by atoms with E-state index < -0.39 is 36.4 Å². The van der Waals surface area contributed by atoms with E-state index in [1.807, 2.05) is 16.7 Å². The van der Waals surface area contributed by atoms with Crippen LogP contribution in [0.4, 0.5) is 24.9 Å². The van der Waals surface area contributed by atoms with Crippen LogP contribution in [0.2, 0.25) is 0 Å². The van der Waals surface area contributed by atoms with E-state index in [-0.39, 0.29) is 11.8 Å². The van der Waals surface area contributed by atoms with Crippen LogP contribution < -0.4 is 16.0 Å². The molecule has 2 aliphatic carbocycles. The first kappa shape index (κ1) is 35.5. The number of aliphatic hydroxyl groups excluding tert-OH is 2. The van der Waals surface area contributed by atoms with Gasteiger partial charge in [-0.2, -0.15) is 23.1 Å². The summed E-state index contributed by atoms with van der Waals surface area (Å²) in [5, 5.41) is 38.8. The van der Waals surface area contributed by atoms with E-state index in [9.17, 15) is 28.2 Å². The molecule has 262 valence electrons. The number of hydrogen-bond acceptors (Lipinski definition) is 9. The van der Waals surface area contributed by atoms with Crippen molar-refractivity contribution in [2.24, 2.45) is 0 Å². The summed E-state index contributed by atoms with van der Waals surface area (Å²) in [5.41, 5.74) is 3.55. The van der Waals surface area contributed by atoms with Gasteiger partial charge in [-0.15, -0.1) is 0 Å². The first-order chi connectivity index (χ1) is 23.5. The van der Waals surface area contributed by atoms with Crippen LogP contribution in [0.1, 0.15) is 68.5 Å². The molecule has 0 radical (unpaired) electrons. The number of carboxylic acid groups (broad SMARTS) is 1. The second-order valence-corrected chi connectivity index (χ2v) is 12.2. The van der Waals surface area contributed by atoms with Gasteiger partial charge in [0.2, 0.25) is 11.9 Å². The highest BCUT2D eigenvalue weighted by atomic mass is 19.4. The zero-order valence-corrected chi connectivity index (χ0v) is 26.8. The van der Waals surface area contributed by atoms with E-state index in [4.69, 9.17) is 19.9 Å². The third-order valence-corrected chi connectivity index (χ3v) is 8.91. The molecular formula is C34H40F3N7O5. The second-order valence-electron chi connectivity index (χ2n) is 12.2. The molecule has 2 aliphatic rings. The number of nitrogens with zero attached hydrogens (tertiary/aromatic N) is 4. The minimum atomic E-state index is -5.08. The first-order valence-electron chi connectivity index (χ1n) is 16.3. The van der Waals surface area contributed by atoms with Crippen LogP contribution in [0.25, 0.3) is 11.2 Å². The van der Waals surface area contributed by atoms with E-state index in [0.29, 0.717) is 48.4 Å². The Labute approximate surface area is 280 Å². The van der Waals surface area contributed by atoms with Gasteiger partial charge in [-0.3, -0.25) is 4.79 Å². The van der Waals surface area contributed by atoms with Gasteiger partial charge in [0.15, 0.2) is 17.0 Å². The molecule has 2 heterocycles. The number of carboxylic acids is 1. The summed E-state index contributed by atoms with van der Waals surface area (Å²) in [6, 6.07) is 20.0. The fourth-order valence-corrected chi connectivity index (χ4v) is 6.33. The molecule has 4 atom stereocenters. The molecule has 1 amide bonds. The van der Waals surface area contributed by atoms with Crippen molar-refractivity contribution in [3.05, 3.63) is 78.1 Å². The largest absolute Gasteiger partial charge is 0.490 e. The normalized spacial score (nSPS) is 21.0. The zero-order valence-electron chi connectivity index (χ0n) is 26.8. The highest BCUT2D eigenvalue weighted by molar-refractivity contribution is 5.84. The second kappa shape index (κ2) is 15.6. The Hall–Kier alpha value is -4.76. The molecule has 6 N–H and O–H groups in total. The standard InChI is InChI=1S/C32H39N7O3.C2HF3O2/c1-2-26(40)36-24-17-25(29(42)28(24)41)39-19-34-27-30(37-32(38-31(27)39)35-22-15-9-10-16-22)33-18-23(20-11-5-3-6-12-20)21-13-7-4-8-14-21;3-2(4,5)1(6)7/h3-8,11-14,19,22-25,28-29,41-42H,2,9-10,15-18H2,1H3,(H,36,40)(H2,33,35,37,38);(H,6,7)/t24-,25+,28+,29-;/m0./s1. The number of aromatic nitrogens is 4. The predicted molar refractivity (Wildman–Crippen MR) is 176 cm³/mol. The smallest absolute Gasteiger partial charge is 0.475 e. The van der Waals surface area contributed by atoms with Crippen LogP contribution in [0.15, 0.2) is 67.0 Å². The number of rotatable bonds is 10. The average Bonchev–Trinajstić information content (AvgIpc) is 3.82. The SMILES string of the molecule is CCC(=O)N[C@H]1C[C@@H](n2cnc3c(NCC(c4ccccc4)c4ccccc4)nc(NC4CCCC4)nc32)[C@H](O)[C@@H]1O.O=C(O)C(F)(F)F. The van der Waals surface area contributed by atoms with Gasteiger partial charge < -0.3 is 35.8 Å². The Morgan fingerprint density at radius 2 is 1.55 bits per heavy atom. The van der Waals surface area contributed by atoms with Gasteiger partial charge in [0.25, 0.3) is 0 Å². The molecule has 2 fully saturated rings. The van der Waals surface area contributed by atoms with E-state index in [0.717, 1.165) is 12.8 Å². The van der Waals surface area contributed by atoms with Crippen molar-refractivity contribution in [2.45, 2.75) is 87.9 Å². The van der Waals surface area contributed by atoms with E-state index in [2.05, 4.69) is 69.5 Å². The molecule has 2 aromatic carbocycles. The fraction of sp³-hybridized carbons (Fsp3) is 0.441. The van der Waals surface area contributed by atoms with Gasteiger partial charge in [-0.05, 0) is 30.4 Å². The lowest BCUT2D eigenvalue weighted by atomic mass is 9.91. The number of alkyl halides is 3. The number of nitrogens with one attached hydrogen (secondary N) is 3. The maximum atomic E-state index is 12.1. The molecule has 0 bridgehead atoms. The van der Waals surface area contributed by atoms with Crippen molar-refractivity contribution < 1.29 is 38.1 Å². The number of hydrogen-bond donors (Lipinski definition) is 6. The predicted octanol–water partition coefficient (Wildman–Crippen LogP) is 4.62. The minimum absolute atomic E-state index is 0.0838. The summed E-state index contributed by atoms with van der Waals surface area (Å²) in [6.45, 7) is 2.35. The number of benzene rings is 2. The van der Waals surface area contributed by atoms with Gasteiger partial charge in [0, 0.05) is 24.9 Å². The molecular weight excluding hydrogens is 643 g/mol. The Morgan fingerprint density at radius 1 is 0.959 bits per heavy atom. The molecule has 2 saturated carbocycles. The molecule has 0 spiro atoms. The number of halogens is 3. The van der Waals surface area contributed by atoms with Crippen molar-refractivity contribution >= 4 is 34.8 Å². The maximum absolute atomic E-state index is 12.1. The Kier molecular flexibility index (Phi) is 11.3. The molecule has 49 heavy (non-hydrogen) atoms. The number of aliphatic carboxylic acids is 1. The number of carbonyl (C=O) groups excluding carboxylic acids is 1. The Balaban J connectivity index is 0.000000606. The minimum Gasteiger partial charge on any atom is -0.475 e. The van der Waals surface area contributed by atoms with E-state index in [1.54, 1.807) is 13.3 Å². The molecule has 0 aliphatic heterocycles. The number of imidazole rings is 1. The van der Waals surface area contributed by atoms with Crippen molar-refractivity contribution in [1.82, 2.24) is 24.8 Å². The summed E-state index contributed by atoms with van der Waals surface area (Å²) in [5.74, 6) is -1.71. The summed E-state index contributed by atoms with van der Waals surface area (Å²) in [7, 11) is 0. The van der Waals surface area contributed by atoms with Gasteiger partial charge in [-0.1, -0.05) is 80.4 Å². The molecule has 12 nitrogen and oxygen atoms in total. The van der Waals surface area contributed by atoms with Gasteiger partial charge in [0.05, 0.1) is 18.4 Å². The Morgan fingerprint density at radius 3 is 2.10 bits per heavy atom. The van der Waals surface area contributed by atoms with Crippen LogP contribution in [0, 0.1) is 0 Å². The van der Waals surface area contributed by atoms with Crippen LogP contribution in [0.3, 0.4) is 0 Å². The molecule has 4 aromatic rings. The van der Waals surface area contributed by atoms with Crippen LogP contribution >= 0.6 is 0 Å². The van der Waals surface area contributed by atoms with Crippen molar-refractivity contribution in [1.29, 1.82) is 0 Å². The summed E-state index contributed by atoms with van der Waals surface area (Å²) in [4.78, 5) is 35.4. The van der Waals surface area contributed by atoms with Crippen molar-refractivity contribution in [3.8, 4) is 0 Å². The van der Waals surface area contributed by atoms with Gasteiger partial charge in [0.1, 0.15) is 12.2 Å². The van der Waals surface area contributed by atoms with Gasteiger partial charge >= 0.3 is 12.1 Å². The lowest BCUT2D eigenvalue weighted by Gasteiger charge is -2.21. The monoisotopic (exact) mass is 683 g/mol. The van der Waals surface area contributed by atoms with E-state index >= 15 is 0 Å². The highest BCUT2D eigenvalue weighted by Crippen LogP contribution is 2.35. The number of anilines is 2. The molecule has 0 saturated heterocycles. The van der Waals surface area contributed by atoms with Crippen molar-refractivity contribution in [3.63, 3.8) is 0 Å². The number of fused-ring (bicyclic) bond motifs is 1. The lowest BCUT2D eigenvalue weighted by molar-refractivity contribution is -0.192. The Bertz CT molecular complexity index is 1660. The molecule has 6 rings (SSSR count). The molecule has 15 heteroatoms. The number of carbonyl (C=O) groups is 2. The van der Waals surface area contributed by atoms with Crippen LogP contribution in [-0.2, 0) is 9.59 Å². The van der Waals surface area contributed by atoms with E-state index in [1.165, 1.54) is 24.0 Å². The van der Waals surface area contributed by atoms with Crippen LogP contribution in [-0.4, -0.2) is 83.7 Å². The zero-order chi connectivity index (χ0) is 35.1. The summed E-state index contributed by atoms with van der Waals surface area (Å²) < 4.78 is 33.6. The topological polar surface area (TPSA) is 175 Å². The van der Waals surface area contributed by atoms with Crippen molar-refractivity contribution in [2.75, 3.05) is 17.2 Å². The van der Waals surface area contributed by atoms with Crippen LogP contribution in [0.5, 0.6) is 0 Å². The maximum Gasteiger partial charge on any atom is 0.490 e. The fourth-order valence-electron chi connectivity index (χ4n) is 6.33. The quantitative estimate of drug-likeness (QED) is 0.138. The van der Waals surface area contributed by atoms with Gasteiger partial charge in [-0.25, -0.2) is 9.78 Å². The first-order valence-corrected chi connectivity index (χ1v) is 16.3. The number of aliphatic hydroxyl groups is 2. The average molecular weight is 684 g/mol. The molecule has 2 aromatic heterocycles. The summed E-state index contributed by atoms with van der Waals surface area (Å²) >= 11 is 0. The third-order valence-electron chi connectivity index (χ3n) is 8.91. The summed E-state index contributed by atoms with van der Waals surface area (Å²) in [6.07, 6.45) is -0.435. The highest BCUT2D eigenvalue weighted by Gasteiger charge is 2.44. The lowest BCUT2D eigenvalue weighted by Crippen LogP contribution is -2.42. The number of amides is 1. The third kappa shape index (κ3) is 8.64. The molecule has 0 unspecified atom stereocenters.